The van der Waals surface area contributed by atoms with Crippen LogP contribution in [0.1, 0.15) is 35.3 Å². The molecule has 0 bridgehead atoms. The molecule has 4 rings (SSSR count). The molecule has 2 amide bonds. The molecule has 0 unspecified atom stereocenters. The Morgan fingerprint density at radius 2 is 2.17 bits per heavy atom. The Morgan fingerprint density at radius 3 is 3.00 bits per heavy atom. The maximum Gasteiger partial charge on any atom is 0.303 e. The van der Waals surface area contributed by atoms with Gasteiger partial charge in [0.25, 0.3) is 5.91 Å². The predicted octanol–water partition coefficient (Wildman–Crippen LogP) is 3.33. The zero-order valence-corrected chi connectivity index (χ0v) is 17.4. The van der Waals surface area contributed by atoms with Crippen molar-refractivity contribution >= 4 is 62.9 Å². The Hall–Kier alpha value is -2.98. The van der Waals surface area contributed by atoms with Crippen LogP contribution >= 0.6 is 23.1 Å². The normalized spacial score (nSPS) is 17.9. The van der Waals surface area contributed by atoms with E-state index >= 15 is 0 Å². The second-order valence-corrected chi connectivity index (χ2v) is 8.85. The number of aliphatic imine (C=N–C) groups is 1. The van der Waals surface area contributed by atoms with E-state index in [4.69, 9.17) is 5.11 Å². The molecule has 2 heterocycles. The van der Waals surface area contributed by atoms with Crippen LogP contribution in [0.25, 0.3) is 6.08 Å². The van der Waals surface area contributed by atoms with Crippen molar-refractivity contribution in [2.45, 2.75) is 32.1 Å². The summed E-state index contributed by atoms with van der Waals surface area (Å²) in [4.78, 5) is 44.5. The first kappa shape index (κ1) is 20.3. The lowest BCUT2D eigenvalue weighted by molar-refractivity contribution is -0.138. The first-order valence-corrected chi connectivity index (χ1v) is 11.0. The van der Waals surface area contributed by atoms with Gasteiger partial charge in [-0.15, -0.1) is 0 Å². The van der Waals surface area contributed by atoms with Crippen molar-refractivity contribution in [3.8, 4) is 0 Å². The molecule has 1 aliphatic heterocycles. The number of thiazole rings is 1. The number of benzene rings is 1. The van der Waals surface area contributed by atoms with Crippen molar-refractivity contribution in [3.05, 3.63) is 45.3 Å². The molecular formula is C20H18N4O4S2. The number of carbonyl (C=O) groups excluding carboxylic acids is 2. The number of fused-ring (bicyclic) bond motifs is 1. The summed E-state index contributed by atoms with van der Waals surface area (Å²) in [6, 6.07) is 6.08. The van der Waals surface area contributed by atoms with Crippen LogP contribution in [-0.2, 0) is 27.2 Å². The molecule has 0 atom stereocenters. The maximum atomic E-state index is 12.3. The highest BCUT2D eigenvalue weighted by Crippen LogP contribution is 2.34. The number of carbonyl (C=O) groups is 3. The van der Waals surface area contributed by atoms with Crippen molar-refractivity contribution in [2.75, 3.05) is 5.32 Å². The average Bonchev–Trinajstić information content (AvgIpc) is 3.42. The van der Waals surface area contributed by atoms with Crippen LogP contribution in [0, 0.1) is 0 Å². The van der Waals surface area contributed by atoms with Crippen molar-refractivity contribution in [3.63, 3.8) is 0 Å². The van der Waals surface area contributed by atoms with E-state index in [0.717, 1.165) is 24.9 Å². The molecule has 0 spiro atoms. The summed E-state index contributed by atoms with van der Waals surface area (Å²) in [5.74, 6) is -1.67. The van der Waals surface area contributed by atoms with Gasteiger partial charge in [0, 0.05) is 12.6 Å². The van der Waals surface area contributed by atoms with E-state index in [1.54, 1.807) is 12.3 Å². The number of aliphatic carboxylic acids is 1. The first-order chi connectivity index (χ1) is 14.5. The van der Waals surface area contributed by atoms with Gasteiger partial charge in [0.1, 0.15) is 0 Å². The lowest BCUT2D eigenvalue weighted by atomic mass is 10.1. The number of aromatic nitrogens is 1. The van der Waals surface area contributed by atoms with Gasteiger partial charge >= 0.3 is 5.97 Å². The number of amides is 2. The Kier molecular flexibility index (Phi) is 5.96. The molecule has 1 aromatic carbocycles. The molecule has 1 aromatic heterocycles. The zero-order valence-electron chi connectivity index (χ0n) is 15.8. The van der Waals surface area contributed by atoms with Gasteiger partial charge < -0.3 is 15.7 Å². The van der Waals surface area contributed by atoms with Gasteiger partial charge in [-0.2, -0.15) is 0 Å². The highest BCUT2D eigenvalue weighted by atomic mass is 32.2. The topological polar surface area (TPSA) is 121 Å². The van der Waals surface area contributed by atoms with Crippen LogP contribution in [0.4, 0.5) is 10.8 Å². The highest BCUT2D eigenvalue weighted by molar-refractivity contribution is 8.18. The number of hydrogen-bond donors (Lipinski definition) is 3. The predicted molar refractivity (Wildman–Crippen MR) is 117 cm³/mol. The Morgan fingerprint density at radius 1 is 1.30 bits per heavy atom. The number of hydrogen-bond acceptors (Lipinski definition) is 7. The van der Waals surface area contributed by atoms with Gasteiger partial charge in [-0.25, -0.2) is 9.98 Å². The summed E-state index contributed by atoms with van der Waals surface area (Å²) >= 11 is 2.47. The summed E-state index contributed by atoms with van der Waals surface area (Å²) in [5, 5.41) is 14.9. The van der Waals surface area contributed by atoms with Crippen molar-refractivity contribution in [2.24, 2.45) is 4.99 Å². The average molecular weight is 443 g/mol. The van der Waals surface area contributed by atoms with Gasteiger partial charge in [0.15, 0.2) is 10.3 Å². The summed E-state index contributed by atoms with van der Waals surface area (Å²) in [7, 11) is 0. The van der Waals surface area contributed by atoms with Crippen LogP contribution in [-0.4, -0.2) is 33.0 Å². The van der Waals surface area contributed by atoms with Crippen molar-refractivity contribution < 1.29 is 19.5 Å². The molecule has 30 heavy (non-hydrogen) atoms. The highest BCUT2D eigenvalue weighted by Gasteiger charge is 2.25. The fourth-order valence-corrected chi connectivity index (χ4v) is 4.91. The third-order valence-corrected chi connectivity index (χ3v) is 6.37. The molecule has 1 fully saturated rings. The molecule has 10 heteroatoms. The largest absolute Gasteiger partial charge is 0.481 e. The molecular weight excluding hydrogens is 424 g/mol. The molecule has 2 aromatic rings. The van der Waals surface area contributed by atoms with Crippen LogP contribution in [0.3, 0.4) is 0 Å². The molecule has 154 valence electrons. The number of nitrogens with one attached hydrogen (secondary N) is 2. The van der Waals surface area contributed by atoms with E-state index in [9.17, 15) is 14.4 Å². The summed E-state index contributed by atoms with van der Waals surface area (Å²) in [6.07, 6.45) is 6.09. The van der Waals surface area contributed by atoms with E-state index in [0.29, 0.717) is 20.1 Å². The number of rotatable bonds is 6. The number of thioether (sulfide) groups is 1. The van der Waals surface area contributed by atoms with Gasteiger partial charge in [-0.3, -0.25) is 14.4 Å². The van der Waals surface area contributed by atoms with E-state index in [1.807, 2.05) is 12.1 Å². The third kappa shape index (κ3) is 4.77. The molecule has 1 aliphatic carbocycles. The van der Waals surface area contributed by atoms with Crippen LogP contribution < -0.4 is 10.6 Å². The molecule has 0 saturated carbocycles. The van der Waals surface area contributed by atoms with Crippen LogP contribution in [0.15, 0.2) is 34.3 Å². The van der Waals surface area contributed by atoms with Gasteiger partial charge in [-0.05, 0) is 54.3 Å². The zero-order chi connectivity index (χ0) is 21.1. The minimum atomic E-state index is -1.03. The quantitative estimate of drug-likeness (QED) is 0.590. The molecule has 3 N–H and O–H groups in total. The summed E-state index contributed by atoms with van der Waals surface area (Å²) in [5.41, 5.74) is 3.48. The van der Waals surface area contributed by atoms with E-state index in [-0.39, 0.29) is 18.7 Å². The molecule has 1 saturated heterocycles. The van der Waals surface area contributed by atoms with E-state index in [2.05, 4.69) is 26.7 Å². The van der Waals surface area contributed by atoms with E-state index < -0.39 is 11.9 Å². The monoisotopic (exact) mass is 442 g/mol. The minimum absolute atomic E-state index is 0.118. The number of carboxylic acid groups (broad SMARTS) is 1. The summed E-state index contributed by atoms with van der Waals surface area (Å²) < 4.78 is 0. The number of nitrogens with zero attached hydrogens (tertiary/aromatic N) is 2. The fourth-order valence-electron chi connectivity index (χ4n) is 3.24. The minimum Gasteiger partial charge on any atom is -0.481 e. The smallest absolute Gasteiger partial charge is 0.303 e. The second-order valence-electron chi connectivity index (χ2n) is 6.76. The Balaban J connectivity index is 1.44. The lowest BCUT2D eigenvalue weighted by Gasteiger charge is -2.03. The van der Waals surface area contributed by atoms with Gasteiger partial charge in [-0.1, -0.05) is 23.5 Å². The summed E-state index contributed by atoms with van der Waals surface area (Å²) in [6.45, 7) is 0. The number of anilines is 1. The molecule has 8 nitrogen and oxygen atoms in total. The SMILES string of the molecule is O=C(O)CCC(=O)Nc1ncc(C=C2SC(=Nc3cccc4c3CCC4)NC2=O)s1. The molecule has 2 aliphatic rings. The number of carboxylic acids is 1. The lowest BCUT2D eigenvalue weighted by Crippen LogP contribution is -2.19. The second kappa shape index (κ2) is 8.80. The molecule has 0 radical (unpaired) electrons. The number of amidine groups is 1. The maximum absolute atomic E-state index is 12.3. The Bertz CT molecular complexity index is 1090. The van der Waals surface area contributed by atoms with Crippen LogP contribution in [0.5, 0.6) is 0 Å². The first-order valence-electron chi connectivity index (χ1n) is 9.36. The number of aryl methyl sites for hydroxylation is 1. The standard InChI is InChI=1S/C20H18N4O4S2/c25-16(7-8-17(26)27)23-19-21-10-12(29-19)9-15-18(28)24-20(30-15)22-14-6-2-4-11-3-1-5-13(11)14/h2,4,6,9-10H,1,3,5,7-8H2,(H,26,27)(H,21,23,25)(H,22,24,28). The van der Waals surface area contributed by atoms with E-state index in [1.165, 1.54) is 34.2 Å². The van der Waals surface area contributed by atoms with Crippen molar-refractivity contribution in [1.82, 2.24) is 10.3 Å². The Labute approximate surface area is 180 Å². The van der Waals surface area contributed by atoms with Crippen molar-refractivity contribution in [1.29, 1.82) is 0 Å². The third-order valence-electron chi connectivity index (χ3n) is 4.60. The fraction of sp³-hybridized carbons (Fsp3) is 0.250. The van der Waals surface area contributed by atoms with Crippen LogP contribution in [0.2, 0.25) is 0 Å². The van der Waals surface area contributed by atoms with Gasteiger partial charge in [0.2, 0.25) is 5.91 Å². The van der Waals surface area contributed by atoms with Gasteiger partial charge in [0.05, 0.1) is 21.9 Å².